The summed E-state index contributed by atoms with van der Waals surface area (Å²) in [5, 5.41) is 10.1. The molecule has 0 aliphatic carbocycles. The molecule has 0 bridgehead atoms. The first kappa shape index (κ1) is 14.0. The third-order valence-electron chi connectivity index (χ3n) is 3.57. The number of β-amino-alcohol motifs (C(OH)–C–C–N with tert-alkyl or cyclic N) is 1. The van der Waals surface area contributed by atoms with E-state index in [1.165, 1.54) is 0 Å². The fraction of sp³-hybridized carbons (Fsp3) is 0.533. The number of nitrogens with two attached hydrogens (primary N) is 1. The third kappa shape index (κ3) is 3.55. The molecule has 0 radical (unpaired) electrons. The molecule has 4 heteroatoms. The minimum Gasteiger partial charge on any atom is -0.388 e. The minimum absolute atomic E-state index is 0.00107. The predicted octanol–water partition coefficient (Wildman–Crippen LogP) is 1.17. The standard InChI is InChI=1S/C15H22N2O2/c1-15(19)7-3-9-17(11-15)14(18)13-5-2-4-12(10-13)6-8-16/h2,4-5,10,19H,3,6-9,11,16H2,1H3. The lowest BCUT2D eigenvalue weighted by Crippen LogP contribution is -2.48. The van der Waals surface area contributed by atoms with Crippen LogP contribution in [0.3, 0.4) is 0 Å². The molecule has 0 aromatic heterocycles. The van der Waals surface area contributed by atoms with Gasteiger partial charge in [0, 0.05) is 18.7 Å². The van der Waals surface area contributed by atoms with E-state index in [9.17, 15) is 9.90 Å². The molecule has 1 aliphatic heterocycles. The molecule has 0 saturated carbocycles. The van der Waals surface area contributed by atoms with Gasteiger partial charge in [0.15, 0.2) is 0 Å². The number of hydrogen-bond acceptors (Lipinski definition) is 3. The van der Waals surface area contributed by atoms with Crippen LogP contribution in [0.5, 0.6) is 0 Å². The van der Waals surface area contributed by atoms with Crippen LogP contribution in [0.2, 0.25) is 0 Å². The minimum atomic E-state index is -0.761. The number of benzene rings is 1. The number of rotatable bonds is 3. The Morgan fingerprint density at radius 2 is 2.32 bits per heavy atom. The SMILES string of the molecule is CC1(O)CCCN(C(=O)c2cccc(CCN)c2)C1. The average molecular weight is 262 g/mol. The maximum Gasteiger partial charge on any atom is 0.253 e. The molecular formula is C15H22N2O2. The highest BCUT2D eigenvalue weighted by molar-refractivity contribution is 5.94. The topological polar surface area (TPSA) is 66.6 Å². The highest BCUT2D eigenvalue weighted by Gasteiger charge is 2.31. The summed E-state index contributed by atoms with van der Waals surface area (Å²) in [7, 11) is 0. The maximum atomic E-state index is 12.4. The number of likely N-dealkylation sites (tertiary alicyclic amines) is 1. The molecule has 4 nitrogen and oxygen atoms in total. The van der Waals surface area contributed by atoms with Crippen LogP contribution >= 0.6 is 0 Å². The smallest absolute Gasteiger partial charge is 0.253 e. The first-order valence-electron chi connectivity index (χ1n) is 6.82. The predicted molar refractivity (Wildman–Crippen MR) is 75.0 cm³/mol. The van der Waals surface area contributed by atoms with Crippen molar-refractivity contribution in [2.45, 2.75) is 31.8 Å². The van der Waals surface area contributed by atoms with E-state index in [4.69, 9.17) is 5.73 Å². The van der Waals surface area contributed by atoms with Crippen molar-refractivity contribution in [1.82, 2.24) is 4.90 Å². The number of nitrogens with zero attached hydrogens (tertiary/aromatic N) is 1. The molecule has 19 heavy (non-hydrogen) atoms. The van der Waals surface area contributed by atoms with Crippen molar-refractivity contribution in [3.63, 3.8) is 0 Å². The van der Waals surface area contributed by atoms with Gasteiger partial charge in [-0.05, 0) is 50.4 Å². The zero-order chi connectivity index (χ0) is 13.9. The molecule has 1 fully saturated rings. The first-order valence-corrected chi connectivity index (χ1v) is 6.82. The van der Waals surface area contributed by atoms with Gasteiger partial charge in [0.25, 0.3) is 5.91 Å². The van der Waals surface area contributed by atoms with E-state index in [1.807, 2.05) is 24.3 Å². The Hall–Kier alpha value is -1.39. The van der Waals surface area contributed by atoms with Crippen LogP contribution in [0.1, 0.15) is 35.7 Å². The molecule has 1 aliphatic rings. The zero-order valence-corrected chi connectivity index (χ0v) is 11.4. The van der Waals surface area contributed by atoms with Crippen LogP contribution in [0.4, 0.5) is 0 Å². The van der Waals surface area contributed by atoms with Crippen molar-refractivity contribution in [3.8, 4) is 0 Å². The first-order chi connectivity index (χ1) is 9.02. The Kier molecular flexibility index (Phi) is 4.22. The molecule has 1 aromatic carbocycles. The molecule has 3 N–H and O–H groups in total. The average Bonchev–Trinajstić information content (AvgIpc) is 2.37. The van der Waals surface area contributed by atoms with Crippen molar-refractivity contribution in [2.24, 2.45) is 5.73 Å². The highest BCUT2D eigenvalue weighted by Crippen LogP contribution is 2.22. The normalized spacial score (nSPS) is 23.4. The summed E-state index contributed by atoms with van der Waals surface area (Å²) >= 11 is 0. The maximum absolute atomic E-state index is 12.4. The van der Waals surface area contributed by atoms with E-state index >= 15 is 0 Å². The fourth-order valence-electron chi connectivity index (χ4n) is 2.60. The lowest BCUT2D eigenvalue weighted by Gasteiger charge is -2.36. The Bertz CT molecular complexity index is 457. The molecule has 104 valence electrons. The van der Waals surface area contributed by atoms with Crippen LogP contribution in [-0.4, -0.2) is 41.1 Å². The number of carbonyl (C=O) groups excluding carboxylic acids is 1. The van der Waals surface area contributed by atoms with Crippen LogP contribution in [0.25, 0.3) is 0 Å². The van der Waals surface area contributed by atoms with E-state index in [0.717, 1.165) is 31.4 Å². The van der Waals surface area contributed by atoms with Gasteiger partial charge in [0.2, 0.25) is 0 Å². The van der Waals surface area contributed by atoms with Gasteiger partial charge < -0.3 is 15.7 Å². The molecule has 1 saturated heterocycles. The quantitative estimate of drug-likeness (QED) is 0.859. The molecule has 1 atom stereocenters. The van der Waals surface area contributed by atoms with E-state index in [2.05, 4.69) is 0 Å². The van der Waals surface area contributed by atoms with Crippen LogP contribution < -0.4 is 5.73 Å². The molecule has 1 unspecified atom stereocenters. The molecule has 1 amide bonds. The van der Waals surface area contributed by atoms with E-state index < -0.39 is 5.60 Å². The summed E-state index contributed by atoms with van der Waals surface area (Å²) < 4.78 is 0. The summed E-state index contributed by atoms with van der Waals surface area (Å²) in [4.78, 5) is 14.2. The van der Waals surface area contributed by atoms with Crippen LogP contribution in [0, 0.1) is 0 Å². The Morgan fingerprint density at radius 1 is 1.53 bits per heavy atom. The Labute approximate surface area is 114 Å². The number of amides is 1. The summed E-state index contributed by atoms with van der Waals surface area (Å²) in [6, 6.07) is 7.60. The zero-order valence-electron chi connectivity index (χ0n) is 11.4. The largest absolute Gasteiger partial charge is 0.388 e. The number of carbonyl (C=O) groups is 1. The van der Waals surface area contributed by atoms with E-state index in [1.54, 1.807) is 11.8 Å². The lowest BCUT2D eigenvalue weighted by molar-refractivity contribution is -0.0107. The molecule has 2 rings (SSSR count). The summed E-state index contributed by atoms with van der Waals surface area (Å²) in [6.07, 6.45) is 2.38. The lowest BCUT2D eigenvalue weighted by atomic mass is 9.94. The number of piperidine rings is 1. The van der Waals surface area contributed by atoms with Crippen LogP contribution in [0.15, 0.2) is 24.3 Å². The monoisotopic (exact) mass is 262 g/mol. The van der Waals surface area contributed by atoms with Gasteiger partial charge in [-0.2, -0.15) is 0 Å². The van der Waals surface area contributed by atoms with Crippen molar-refractivity contribution < 1.29 is 9.90 Å². The fourth-order valence-corrected chi connectivity index (χ4v) is 2.60. The van der Waals surface area contributed by atoms with Crippen molar-refractivity contribution in [2.75, 3.05) is 19.6 Å². The van der Waals surface area contributed by atoms with Crippen molar-refractivity contribution in [1.29, 1.82) is 0 Å². The second-order valence-corrected chi connectivity index (χ2v) is 5.57. The van der Waals surface area contributed by atoms with Crippen molar-refractivity contribution in [3.05, 3.63) is 35.4 Å². The van der Waals surface area contributed by atoms with Gasteiger partial charge in [-0.15, -0.1) is 0 Å². The summed E-state index contributed by atoms with van der Waals surface area (Å²) in [5.41, 5.74) is 6.54. The van der Waals surface area contributed by atoms with Gasteiger partial charge in [0.1, 0.15) is 0 Å². The highest BCUT2D eigenvalue weighted by atomic mass is 16.3. The third-order valence-corrected chi connectivity index (χ3v) is 3.57. The Balaban J connectivity index is 2.12. The number of aliphatic hydroxyl groups is 1. The Morgan fingerprint density at radius 3 is 3.00 bits per heavy atom. The van der Waals surface area contributed by atoms with Gasteiger partial charge in [-0.25, -0.2) is 0 Å². The summed E-state index contributed by atoms with van der Waals surface area (Å²) in [6.45, 7) is 3.50. The van der Waals surface area contributed by atoms with E-state index in [0.29, 0.717) is 18.7 Å². The summed E-state index contributed by atoms with van der Waals surface area (Å²) in [5.74, 6) is -0.00107. The molecule has 1 aromatic rings. The molecule has 0 spiro atoms. The van der Waals surface area contributed by atoms with Gasteiger partial charge in [0.05, 0.1) is 5.60 Å². The second kappa shape index (κ2) is 5.72. The number of hydrogen-bond donors (Lipinski definition) is 2. The van der Waals surface area contributed by atoms with Crippen molar-refractivity contribution >= 4 is 5.91 Å². The van der Waals surface area contributed by atoms with Gasteiger partial charge >= 0.3 is 0 Å². The molecule has 1 heterocycles. The van der Waals surface area contributed by atoms with Crippen LogP contribution in [-0.2, 0) is 6.42 Å². The van der Waals surface area contributed by atoms with Gasteiger partial charge in [-0.1, -0.05) is 12.1 Å². The van der Waals surface area contributed by atoms with Gasteiger partial charge in [-0.3, -0.25) is 4.79 Å². The molecular weight excluding hydrogens is 240 g/mol. The second-order valence-electron chi connectivity index (χ2n) is 5.57. The van der Waals surface area contributed by atoms with E-state index in [-0.39, 0.29) is 5.91 Å².